The Labute approximate surface area is 140 Å². The molecule has 1 aliphatic heterocycles. The van der Waals surface area contributed by atoms with E-state index in [0.29, 0.717) is 38.4 Å². The second-order valence-electron chi connectivity index (χ2n) is 5.45. The Bertz CT molecular complexity index is 650. The third kappa shape index (κ3) is 4.67. The van der Waals surface area contributed by atoms with E-state index in [-0.39, 0.29) is 18.0 Å². The summed E-state index contributed by atoms with van der Waals surface area (Å²) in [4.78, 5) is 26.8. The fourth-order valence-electron chi connectivity index (χ4n) is 2.55. The number of carbonyl (C=O) groups excluding carboxylic acids is 2. The van der Waals surface area contributed by atoms with Gasteiger partial charge in [-0.1, -0.05) is 0 Å². The molecule has 3 amide bonds. The van der Waals surface area contributed by atoms with E-state index in [4.69, 9.17) is 5.26 Å². The van der Waals surface area contributed by atoms with Gasteiger partial charge in [-0.25, -0.2) is 9.18 Å². The molecule has 0 radical (unpaired) electrons. The summed E-state index contributed by atoms with van der Waals surface area (Å²) in [5.41, 5.74) is 0.748. The van der Waals surface area contributed by atoms with Crippen LogP contribution in [0.2, 0.25) is 0 Å². The lowest BCUT2D eigenvalue weighted by atomic mass is 10.2. The van der Waals surface area contributed by atoms with Crippen molar-refractivity contribution in [1.29, 1.82) is 5.26 Å². The number of hydrogen-bond donors (Lipinski definition) is 2. The predicted molar refractivity (Wildman–Crippen MR) is 87.0 cm³/mol. The molecule has 0 unspecified atom stereocenters. The Morgan fingerprint density at radius 2 is 2.00 bits per heavy atom. The van der Waals surface area contributed by atoms with E-state index in [1.165, 1.54) is 6.07 Å². The molecule has 2 N–H and O–H groups in total. The van der Waals surface area contributed by atoms with Crippen LogP contribution >= 0.6 is 0 Å². The molecule has 8 heteroatoms. The molecule has 0 aromatic heterocycles. The Kier molecular flexibility index (Phi) is 6.09. The smallest absolute Gasteiger partial charge is 0.321 e. The van der Waals surface area contributed by atoms with Crippen molar-refractivity contribution in [2.24, 2.45) is 0 Å². The van der Waals surface area contributed by atoms with E-state index in [1.807, 2.05) is 15.9 Å². The van der Waals surface area contributed by atoms with Crippen LogP contribution in [0, 0.1) is 17.1 Å². The largest absolute Gasteiger partial charge is 0.367 e. The highest BCUT2D eigenvalue weighted by Gasteiger charge is 2.21. The number of piperazine rings is 1. The van der Waals surface area contributed by atoms with Gasteiger partial charge in [-0.15, -0.1) is 0 Å². The van der Waals surface area contributed by atoms with Crippen LogP contribution in [0.15, 0.2) is 18.2 Å². The van der Waals surface area contributed by atoms with Crippen LogP contribution in [-0.2, 0) is 4.79 Å². The average Bonchev–Trinajstić information content (AvgIpc) is 2.55. The van der Waals surface area contributed by atoms with Crippen molar-refractivity contribution in [2.75, 3.05) is 44.2 Å². The second kappa shape index (κ2) is 8.26. The summed E-state index contributed by atoms with van der Waals surface area (Å²) in [6.07, 6.45) is 0. The van der Waals surface area contributed by atoms with Crippen LogP contribution in [0.4, 0.5) is 14.9 Å². The molecular weight excluding hydrogens is 313 g/mol. The van der Waals surface area contributed by atoms with Crippen LogP contribution < -0.4 is 15.5 Å². The maximum atomic E-state index is 14.0. The number of amides is 3. The Morgan fingerprint density at radius 3 is 2.58 bits per heavy atom. The fraction of sp³-hybridized carbons (Fsp3) is 0.438. The number of carbonyl (C=O) groups is 2. The monoisotopic (exact) mass is 333 g/mol. The van der Waals surface area contributed by atoms with Crippen LogP contribution in [0.25, 0.3) is 0 Å². The van der Waals surface area contributed by atoms with E-state index in [2.05, 4.69) is 10.6 Å². The van der Waals surface area contributed by atoms with E-state index in [9.17, 15) is 14.0 Å². The SMILES string of the molecule is CCNC(=O)NC(=O)CN1CCN(c2ccc(C#N)cc2F)CC1. The third-order valence-corrected chi connectivity index (χ3v) is 3.75. The molecule has 0 saturated carbocycles. The van der Waals surface area contributed by atoms with Gasteiger partial charge in [0.1, 0.15) is 5.82 Å². The zero-order chi connectivity index (χ0) is 17.5. The van der Waals surface area contributed by atoms with E-state index >= 15 is 0 Å². The maximum absolute atomic E-state index is 14.0. The number of anilines is 1. The molecule has 1 aromatic carbocycles. The van der Waals surface area contributed by atoms with Gasteiger partial charge in [0.2, 0.25) is 5.91 Å². The minimum Gasteiger partial charge on any atom is -0.367 e. The second-order valence-corrected chi connectivity index (χ2v) is 5.45. The Morgan fingerprint density at radius 1 is 1.29 bits per heavy atom. The molecule has 0 atom stereocenters. The van der Waals surface area contributed by atoms with Crippen molar-refractivity contribution < 1.29 is 14.0 Å². The summed E-state index contributed by atoms with van der Waals surface area (Å²) in [7, 11) is 0. The highest BCUT2D eigenvalue weighted by molar-refractivity contribution is 5.95. The first-order chi connectivity index (χ1) is 11.5. The predicted octanol–water partition coefficient (Wildman–Crippen LogP) is 0.665. The van der Waals surface area contributed by atoms with Crippen molar-refractivity contribution in [2.45, 2.75) is 6.92 Å². The third-order valence-electron chi connectivity index (χ3n) is 3.75. The van der Waals surface area contributed by atoms with E-state index in [0.717, 1.165) is 0 Å². The number of nitriles is 1. The zero-order valence-electron chi connectivity index (χ0n) is 13.5. The molecule has 24 heavy (non-hydrogen) atoms. The van der Waals surface area contributed by atoms with Crippen LogP contribution in [-0.4, -0.2) is 56.1 Å². The molecule has 1 aliphatic rings. The number of benzene rings is 1. The van der Waals surface area contributed by atoms with E-state index < -0.39 is 11.8 Å². The molecule has 0 spiro atoms. The summed E-state index contributed by atoms with van der Waals surface area (Å²) >= 11 is 0. The van der Waals surface area contributed by atoms with Gasteiger partial charge in [-0.05, 0) is 25.1 Å². The lowest BCUT2D eigenvalue weighted by Crippen LogP contribution is -2.51. The average molecular weight is 333 g/mol. The van der Waals surface area contributed by atoms with Crippen molar-refractivity contribution in [3.8, 4) is 6.07 Å². The summed E-state index contributed by atoms with van der Waals surface area (Å²) < 4.78 is 14.0. The highest BCUT2D eigenvalue weighted by atomic mass is 19.1. The molecule has 1 aromatic rings. The molecule has 7 nitrogen and oxygen atoms in total. The van der Waals surface area contributed by atoms with Crippen molar-refractivity contribution >= 4 is 17.6 Å². The fourth-order valence-corrected chi connectivity index (χ4v) is 2.55. The molecule has 0 aliphatic carbocycles. The number of nitrogens with one attached hydrogen (secondary N) is 2. The van der Waals surface area contributed by atoms with Gasteiger partial charge in [0, 0.05) is 32.7 Å². The number of rotatable bonds is 4. The standard InChI is InChI=1S/C16H20FN5O2/c1-2-19-16(24)20-15(23)11-21-5-7-22(8-6-21)14-4-3-12(10-18)9-13(14)17/h3-4,9H,2,5-8,11H2,1H3,(H2,19,20,23,24). The molecule has 128 valence electrons. The van der Waals surface area contributed by atoms with Gasteiger partial charge in [0.05, 0.1) is 23.9 Å². The van der Waals surface area contributed by atoms with Crippen molar-refractivity contribution in [1.82, 2.24) is 15.5 Å². The topological polar surface area (TPSA) is 88.5 Å². The normalized spacial score (nSPS) is 14.8. The lowest BCUT2D eigenvalue weighted by Gasteiger charge is -2.35. The highest BCUT2D eigenvalue weighted by Crippen LogP contribution is 2.21. The molecule has 2 rings (SSSR count). The number of halogens is 1. The van der Waals surface area contributed by atoms with Gasteiger partial charge in [-0.3, -0.25) is 15.0 Å². The number of urea groups is 1. The zero-order valence-corrected chi connectivity index (χ0v) is 13.5. The minimum atomic E-state index is -0.499. The first-order valence-electron chi connectivity index (χ1n) is 7.78. The molecule has 1 fully saturated rings. The number of imide groups is 1. The first kappa shape index (κ1) is 17.7. The van der Waals surface area contributed by atoms with Gasteiger partial charge in [-0.2, -0.15) is 5.26 Å². The summed E-state index contributed by atoms with van der Waals surface area (Å²) in [6.45, 7) is 4.65. The van der Waals surface area contributed by atoms with Gasteiger partial charge < -0.3 is 10.2 Å². The van der Waals surface area contributed by atoms with Crippen molar-refractivity contribution in [3.05, 3.63) is 29.6 Å². The quantitative estimate of drug-likeness (QED) is 0.845. The summed E-state index contributed by atoms with van der Waals surface area (Å²) in [5.74, 6) is -0.782. The van der Waals surface area contributed by atoms with Crippen LogP contribution in [0.5, 0.6) is 0 Å². The minimum absolute atomic E-state index is 0.126. The molecule has 0 bridgehead atoms. The molecule has 1 saturated heterocycles. The summed E-state index contributed by atoms with van der Waals surface area (Å²) in [5, 5.41) is 13.5. The number of hydrogen-bond acceptors (Lipinski definition) is 5. The van der Waals surface area contributed by atoms with Crippen molar-refractivity contribution in [3.63, 3.8) is 0 Å². The maximum Gasteiger partial charge on any atom is 0.321 e. The first-order valence-corrected chi connectivity index (χ1v) is 7.78. The Balaban J connectivity index is 1.84. The van der Waals surface area contributed by atoms with Crippen LogP contribution in [0.1, 0.15) is 12.5 Å². The molecule has 1 heterocycles. The van der Waals surface area contributed by atoms with Gasteiger partial charge >= 0.3 is 6.03 Å². The van der Waals surface area contributed by atoms with Gasteiger partial charge in [0.15, 0.2) is 0 Å². The number of nitrogens with zero attached hydrogens (tertiary/aromatic N) is 3. The Hall–Kier alpha value is -2.66. The molecular formula is C16H20FN5O2. The van der Waals surface area contributed by atoms with E-state index in [1.54, 1.807) is 19.1 Å². The lowest BCUT2D eigenvalue weighted by molar-refractivity contribution is -0.121. The van der Waals surface area contributed by atoms with Gasteiger partial charge in [0.25, 0.3) is 0 Å². The summed E-state index contributed by atoms with van der Waals surface area (Å²) in [6, 6.07) is 5.82. The van der Waals surface area contributed by atoms with Crippen LogP contribution in [0.3, 0.4) is 0 Å².